The van der Waals surface area contributed by atoms with E-state index in [4.69, 9.17) is 10.2 Å². The van der Waals surface area contributed by atoms with Crippen LogP contribution in [0.2, 0.25) is 0 Å². The average Bonchev–Trinajstić information content (AvgIpc) is 2.89. The first-order valence-corrected chi connectivity index (χ1v) is 10.0. The standard InChI is InChI=1S/C17H23N3O5S/c1-3-6-17(15(18)21)7-9-20(10-8-17)26(23,24)12-4-5-13-14(11-12)25-16(22)19(13)2/h4-5,11H,3,6-10H2,1-2H3,(H2,18,21). The predicted molar refractivity (Wildman–Crippen MR) is 96.0 cm³/mol. The van der Waals surface area contributed by atoms with Crippen LogP contribution in [-0.4, -0.2) is 36.3 Å². The number of amides is 1. The number of hydrogen-bond donors (Lipinski definition) is 1. The molecule has 9 heteroatoms. The number of rotatable bonds is 5. The summed E-state index contributed by atoms with van der Waals surface area (Å²) in [5.74, 6) is -0.901. The Morgan fingerprint density at radius 2 is 1.96 bits per heavy atom. The minimum atomic E-state index is -3.74. The summed E-state index contributed by atoms with van der Waals surface area (Å²) in [6.45, 7) is 2.46. The van der Waals surface area contributed by atoms with Crippen molar-refractivity contribution in [2.75, 3.05) is 13.1 Å². The number of carbonyl (C=O) groups excluding carboxylic acids is 1. The molecule has 1 aromatic carbocycles. The maximum Gasteiger partial charge on any atom is 0.419 e. The Morgan fingerprint density at radius 1 is 1.31 bits per heavy atom. The van der Waals surface area contributed by atoms with E-state index < -0.39 is 21.2 Å². The molecule has 1 aromatic heterocycles. The van der Waals surface area contributed by atoms with Crippen LogP contribution in [0.15, 0.2) is 32.3 Å². The van der Waals surface area contributed by atoms with Gasteiger partial charge in [0.2, 0.25) is 15.9 Å². The van der Waals surface area contributed by atoms with Crippen molar-refractivity contribution in [3.05, 3.63) is 28.7 Å². The number of nitrogens with two attached hydrogens (primary N) is 1. The fraction of sp³-hybridized carbons (Fsp3) is 0.529. The van der Waals surface area contributed by atoms with Crippen LogP contribution in [0.1, 0.15) is 32.6 Å². The maximum absolute atomic E-state index is 12.9. The number of sulfonamides is 1. The number of fused-ring (bicyclic) bond motifs is 1. The van der Waals surface area contributed by atoms with Crippen LogP contribution in [0.5, 0.6) is 0 Å². The first kappa shape index (κ1) is 18.7. The number of nitrogens with zero attached hydrogens (tertiary/aromatic N) is 2. The molecule has 0 bridgehead atoms. The molecular formula is C17H23N3O5S. The molecule has 3 rings (SSSR count). The summed E-state index contributed by atoms with van der Waals surface area (Å²) in [5, 5.41) is 0. The first-order valence-electron chi connectivity index (χ1n) is 8.61. The molecule has 1 fully saturated rings. The molecule has 1 aliphatic heterocycles. The third-order valence-corrected chi connectivity index (χ3v) is 7.23. The van der Waals surface area contributed by atoms with Crippen LogP contribution in [0.4, 0.5) is 0 Å². The third-order valence-electron chi connectivity index (χ3n) is 5.33. The number of piperidine rings is 1. The maximum atomic E-state index is 12.9. The van der Waals surface area contributed by atoms with E-state index in [0.29, 0.717) is 24.8 Å². The van der Waals surface area contributed by atoms with E-state index >= 15 is 0 Å². The van der Waals surface area contributed by atoms with Gasteiger partial charge in [-0.25, -0.2) is 13.2 Å². The van der Waals surface area contributed by atoms with E-state index in [1.807, 2.05) is 6.92 Å². The Kier molecular flexibility index (Phi) is 4.70. The second kappa shape index (κ2) is 6.55. The van der Waals surface area contributed by atoms with E-state index in [0.717, 1.165) is 6.42 Å². The fourth-order valence-electron chi connectivity index (χ4n) is 3.68. The smallest absolute Gasteiger partial charge is 0.408 e. The lowest BCUT2D eigenvalue weighted by Gasteiger charge is -2.39. The largest absolute Gasteiger partial charge is 0.419 e. The van der Waals surface area contributed by atoms with Crippen LogP contribution in [0, 0.1) is 5.41 Å². The van der Waals surface area contributed by atoms with E-state index in [9.17, 15) is 18.0 Å². The summed E-state index contributed by atoms with van der Waals surface area (Å²) in [4.78, 5) is 23.5. The minimum Gasteiger partial charge on any atom is -0.408 e. The second-order valence-electron chi connectivity index (χ2n) is 6.86. The van der Waals surface area contributed by atoms with Gasteiger partial charge in [-0.05, 0) is 31.4 Å². The lowest BCUT2D eigenvalue weighted by molar-refractivity contribution is -0.130. The zero-order valence-corrected chi connectivity index (χ0v) is 15.7. The minimum absolute atomic E-state index is 0.0708. The fourth-order valence-corrected chi connectivity index (χ4v) is 5.13. The number of oxazole rings is 1. The summed E-state index contributed by atoms with van der Waals surface area (Å²) in [7, 11) is -2.18. The molecule has 26 heavy (non-hydrogen) atoms. The van der Waals surface area contributed by atoms with Gasteiger partial charge >= 0.3 is 5.76 Å². The Bertz CT molecular complexity index is 997. The Labute approximate surface area is 151 Å². The van der Waals surface area contributed by atoms with Crippen LogP contribution in [-0.2, 0) is 21.9 Å². The highest BCUT2D eigenvalue weighted by molar-refractivity contribution is 7.89. The van der Waals surface area contributed by atoms with Crippen molar-refractivity contribution >= 4 is 27.0 Å². The van der Waals surface area contributed by atoms with Crippen LogP contribution >= 0.6 is 0 Å². The third kappa shape index (κ3) is 2.95. The van der Waals surface area contributed by atoms with E-state index in [1.165, 1.54) is 21.0 Å². The molecule has 0 saturated carbocycles. The number of aromatic nitrogens is 1. The monoisotopic (exact) mass is 381 g/mol. The van der Waals surface area contributed by atoms with Crippen molar-refractivity contribution in [2.24, 2.45) is 18.2 Å². The number of benzene rings is 1. The summed E-state index contributed by atoms with van der Waals surface area (Å²) in [5.41, 5.74) is 5.71. The molecule has 0 aliphatic carbocycles. The Morgan fingerprint density at radius 3 is 2.54 bits per heavy atom. The number of primary amides is 1. The van der Waals surface area contributed by atoms with E-state index in [1.54, 1.807) is 13.1 Å². The molecule has 142 valence electrons. The molecule has 0 radical (unpaired) electrons. The lowest BCUT2D eigenvalue weighted by Crippen LogP contribution is -2.48. The Balaban J connectivity index is 1.88. The van der Waals surface area contributed by atoms with Gasteiger partial charge in [-0.3, -0.25) is 9.36 Å². The van der Waals surface area contributed by atoms with Gasteiger partial charge in [-0.15, -0.1) is 0 Å². The molecule has 0 atom stereocenters. The van der Waals surface area contributed by atoms with Gasteiger partial charge < -0.3 is 10.2 Å². The van der Waals surface area contributed by atoms with Gasteiger partial charge in [0.25, 0.3) is 0 Å². The molecule has 2 heterocycles. The quantitative estimate of drug-likeness (QED) is 0.835. The normalized spacial score (nSPS) is 18.2. The molecule has 0 unspecified atom stereocenters. The topological polar surface area (TPSA) is 116 Å². The molecule has 1 saturated heterocycles. The molecule has 1 amide bonds. The van der Waals surface area contributed by atoms with Crippen LogP contribution < -0.4 is 11.5 Å². The summed E-state index contributed by atoms with van der Waals surface area (Å²) < 4.78 is 33.7. The van der Waals surface area contributed by atoms with Gasteiger partial charge in [0.1, 0.15) is 0 Å². The summed E-state index contributed by atoms with van der Waals surface area (Å²) in [6, 6.07) is 4.39. The molecule has 2 N–H and O–H groups in total. The molecule has 8 nitrogen and oxygen atoms in total. The highest BCUT2D eigenvalue weighted by Gasteiger charge is 2.42. The molecular weight excluding hydrogens is 358 g/mol. The average molecular weight is 381 g/mol. The molecule has 1 aliphatic rings. The van der Waals surface area contributed by atoms with Gasteiger partial charge in [-0.2, -0.15) is 4.31 Å². The molecule has 2 aromatic rings. The van der Waals surface area contributed by atoms with Gasteiger partial charge in [0.15, 0.2) is 5.58 Å². The van der Waals surface area contributed by atoms with Crippen molar-refractivity contribution in [2.45, 2.75) is 37.5 Å². The predicted octanol–water partition coefficient (Wildman–Crippen LogP) is 1.19. The SMILES string of the molecule is CCCC1(C(N)=O)CCN(S(=O)(=O)c2ccc3c(c2)oc(=O)n3C)CC1. The van der Waals surface area contributed by atoms with E-state index in [-0.39, 0.29) is 29.5 Å². The van der Waals surface area contributed by atoms with Gasteiger partial charge in [0, 0.05) is 26.2 Å². The number of hydrogen-bond acceptors (Lipinski definition) is 5. The number of aryl methyl sites for hydroxylation is 1. The Hall–Kier alpha value is -2.13. The zero-order valence-electron chi connectivity index (χ0n) is 14.9. The molecule has 0 spiro atoms. The second-order valence-corrected chi connectivity index (χ2v) is 8.79. The van der Waals surface area contributed by atoms with Crippen LogP contribution in [0.25, 0.3) is 11.1 Å². The van der Waals surface area contributed by atoms with Crippen molar-refractivity contribution in [1.29, 1.82) is 0 Å². The van der Waals surface area contributed by atoms with Crippen molar-refractivity contribution in [1.82, 2.24) is 8.87 Å². The lowest BCUT2D eigenvalue weighted by atomic mass is 9.75. The van der Waals surface area contributed by atoms with E-state index in [2.05, 4.69) is 0 Å². The van der Waals surface area contributed by atoms with Gasteiger partial charge in [0.05, 0.1) is 15.8 Å². The summed E-state index contributed by atoms with van der Waals surface area (Å²) >= 11 is 0. The van der Waals surface area contributed by atoms with Crippen molar-refractivity contribution < 1.29 is 17.6 Å². The number of carbonyl (C=O) groups is 1. The van der Waals surface area contributed by atoms with Crippen molar-refractivity contribution in [3.63, 3.8) is 0 Å². The van der Waals surface area contributed by atoms with Gasteiger partial charge in [-0.1, -0.05) is 13.3 Å². The van der Waals surface area contributed by atoms with Crippen molar-refractivity contribution in [3.8, 4) is 0 Å². The summed E-state index contributed by atoms with van der Waals surface area (Å²) in [6.07, 6.45) is 2.31. The van der Waals surface area contributed by atoms with Crippen LogP contribution in [0.3, 0.4) is 0 Å². The first-order chi connectivity index (χ1) is 12.2. The highest BCUT2D eigenvalue weighted by Crippen LogP contribution is 2.37. The highest BCUT2D eigenvalue weighted by atomic mass is 32.2. The zero-order chi connectivity index (χ0) is 19.1.